The number of hydrogen-bond donors (Lipinski definition) is 1. The number of halogens is 2. The fourth-order valence-corrected chi connectivity index (χ4v) is 1.94. The Morgan fingerprint density at radius 2 is 2.25 bits per heavy atom. The minimum Gasteiger partial charge on any atom is -0.481 e. The summed E-state index contributed by atoms with van der Waals surface area (Å²) in [4.78, 5) is 24.7. The van der Waals surface area contributed by atoms with Crippen LogP contribution in [0.5, 0.6) is 5.75 Å². The second kappa shape index (κ2) is 5.85. The molecule has 1 heterocycles. The first-order valence-corrected chi connectivity index (χ1v) is 6.14. The van der Waals surface area contributed by atoms with Crippen LogP contribution in [-0.4, -0.2) is 42.5 Å². The third kappa shape index (κ3) is 3.04. The van der Waals surface area contributed by atoms with Crippen molar-refractivity contribution in [3.8, 4) is 5.75 Å². The van der Waals surface area contributed by atoms with E-state index in [-0.39, 0.29) is 11.7 Å². The van der Waals surface area contributed by atoms with E-state index in [9.17, 15) is 18.4 Å². The molecule has 7 heteroatoms. The lowest BCUT2D eigenvalue weighted by Crippen LogP contribution is -2.56. The van der Waals surface area contributed by atoms with Gasteiger partial charge in [-0.15, -0.1) is 0 Å². The highest BCUT2D eigenvalue weighted by Gasteiger charge is 2.29. The van der Waals surface area contributed by atoms with Gasteiger partial charge >= 0.3 is 0 Å². The van der Waals surface area contributed by atoms with E-state index >= 15 is 0 Å². The molecule has 108 valence electrons. The van der Waals surface area contributed by atoms with Gasteiger partial charge in [0.15, 0.2) is 18.2 Å². The highest BCUT2D eigenvalue weighted by Crippen LogP contribution is 2.17. The second-order valence-electron chi connectivity index (χ2n) is 4.42. The molecule has 0 aromatic heterocycles. The molecule has 0 aliphatic carbocycles. The third-order valence-electron chi connectivity index (χ3n) is 3.06. The maximum absolute atomic E-state index is 13.3. The number of nitrogens with zero attached hydrogens (tertiary/aromatic N) is 1. The Labute approximate surface area is 114 Å². The number of nitrogens with one attached hydrogen (secondary N) is 1. The normalized spacial score (nSPS) is 18.6. The van der Waals surface area contributed by atoms with Gasteiger partial charge in [-0.2, -0.15) is 0 Å². The highest BCUT2D eigenvalue weighted by atomic mass is 19.1. The van der Waals surface area contributed by atoms with Crippen LogP contribution in [-0.2, 0) is 9.59 Å². The largest absolute Gasteiger partial charge is 0.481 e. The van der Waals surface area contributed by atoms with Crippen LogP contribution in [0.15, 0.2) is 18.2 Å². The molecule has 2 amide bonds. The SMILES string of the molecule is CC1C(=O)NCCN1C(=O)COc1ccc(F)cc1F. The van der Waals surface area contributed by atoms with E-state index < -0.39 is 30.2 Å². The van der Waals surface area contributed by atoms with E-state index in [4.69, 9.17) is 4.74 Å². The Kier molecular flexibility index (Phi) is 4.16. The van der Waals surface area contributed by atoms with Crippen molar-refractivity contribution < 1.29 is 23.1 Å². The molecule has 2 rings (SSSR count). The number of ether oxygens (including phenoxy) is 1. The van der Waals surface area contributed by atoms with Crippen LogP contribution in [0.2, 0.25) is 0 Å². The highest BCUT2D eigenvalue weighted by molar-refractivity contribution is 5.89. The Hall–Kier alpha value is -2.18. The summed E-state index contributed by atoms with van der Waals surface area (Å²) in [5.41, 5.74) is 0. The molecule has 1 aliphatic heterocycles. The van der Waals surface area contributed by atoms with Gasteiger partial charge in [-0.3, -0.25) is 9.59 Å². The molecule has 1 saturated heterocycles. The number of carbonyl (C=O) groups is 2. The summed E-state index contributed by atoms with van der Waals surface area (Å²) in [6.07, 6.45) is 0. The van der Waals surface area contributed by atoms with Crippen LogP contribution in [0.3, 0.4) is 0 Å². The summed E-state index contributed by atoms with van der Waals surface area (Å²) in [5, 5.41) is 2.63. The fourth-order valence-electron chi connectivity index (χ4n) is 1.94. The minimum absolute atomic E-state index is 0.200. The van der Waals surface area contributed by atoms with E-state index in [1.165, 1.54) is 4.90 Å². The molecule has 5 nitrogen and oxygen atoms in total. The number of rotatable bonds is 3. The van der Waals surface area contributed by atoms with Gasteiger partial charge in [0.2, 0.25) is 5.91 Å². The lowest BCUT2D eigenvalue weighted by atomic mass is 10.2. The number of hydrogen-bond acceptors (Lipinski definition) is 3. The Morgan fingerprint density at radius 1 is 1.50 bits per heavy atom. The van der Waals surface area contributed by atoms with Crippen LogP contribution in [0.25, 0.3) is 0 Å². The summed E-state index contributed by atoms with van der Waals surface area (Å²) >= 11 is 0. The Balaban J connectivity index is 1.96. The molecule has 1 atom stereocenters. The van der Waals surface area contributed by atoms with Gasteiger partial charge in [0.1, 0.15) is 11.9 Å². The molecule has 20 heavy (non-hydrogen) atoms. The summed E-state index contributed by atoms with van der Waals surface area (Å²) < 4.78 is 31.1. The van der Waals surface area contributed by atoms with Crippen LogP contribution in [0.4, 0.5) is 8.78 Å². The zero-order chi connectivity index (χ0) is 14.7. The second-order valence-corrected chi connectivity index (χ2v) is 4.42. The van der Waals surface area contributed by atoms with Crippen molar-refractivity contribution in [1.82, 2.24) is 10.2 Å². The van der Waals surface area contributed by atoms with E-state index in [0.29, 0.717) is 19.2 Å². The third-order valence-corrected chi connectivity index (χ3v) is 3.06. The predicted molar refractivity (Wildman–Crippen MR) is 66.0 cm³/mol. The summed E-state index contributed by atoms with van der Waals surface area (Å²) in [6.45, 7) is 1.95. The van der Waals surface area contributed by atoms with Gasteiger partial charge in [0.25, 0.3) is 5.91 Å². The summed E-state index contributed by atoms with van der Waals surface area (Å²) in [5.74, 6) is -2.45. The van der Waals surface area contributed by atoms with Gasteiger partial charge in [-0.1, -0.05) is 0 Å². The van der Waals surface area contributed by atoms with Crippen molar-refractivity contribution in [3.05, 3.63) is 29.8 Å². The van der Waals surface area contributed by atoms with Crippen molar-refractivity contribution in [2.75, 3.05) is 19.7 Å². The molecule has 0 radical (unpaired) electrons. The van der Waals surface area contributed by atoms with E-state index in [1.54, 1.807) is 6.92 Å². The summed E-state index contributed by atoms with van der Waals surface area (Å²) in [6, 6.07) is 2.25. The predicted octanol–water partition coefficient (Wildman–Crippen LogP) is 0.691. The van der Waals surface area contributed by atoms with Gasteiger partial charge in [-0.25, -0.2) is 8.78 Å². The van der Waals surface area contributed by atoms with Crippen LogP contribution in [0, 0.1) is 11.6 Å². The monoisotopic (exact) mass is 284 g/mol. The molecule has 0 bridgehead atoms. The molecule has 1 fully saturated rings. The van der Waals surface area contributed by atoms with Gasteiger partial charge in [0, 0.05) is 19.2 Å². The zero-order valence-electron chi connectivity index (χ0n) is 10.9. The molecule has 1 aliphatic rings. The van der Waals surface area contributed by atoms with Crippen molar-refractivity contribution in [3.63, 3.8) is 0 Å². The molecule has 0 spiro atoms. The molecular weight excluding hydrogens is 270 g/mol. The molecule has 1 N–H and O–H groups in total. The van der Waals surface area contributed by atoms with Gasteiger partial charge in [-0.05, 0) is 19.1 Å². The number of piperazine rings is 1. The van der Waals surface area contributed by atoms with Gasteiger partial charge in [0.05, 0.1) is 0 Å². The number of amides is 2. The Bertz CT molecular complexity index is 536. The van der Waals surface area contributed by atoms with Crippen LogP contribution >= 0.6 is 0 Å². The molecule has 0 saturated carbocycles. The Morgan fingerprint density at radius 3 is 2.95 bits per heavy atom. The van der Waals surface area contributed by atoms with Gasteiger partial charge < -0.3 is 15.0 Å². The van der Waals surface area contributed by atoms with E-state index in [2.05, 4.69) is 5.32 Å². The van der Waals surface area contributed by atoms with Crippen LogP contribution < -0.4 is 10.1 Å². The van der Waals surface area contributed by atoms with E-state index in [1.807, 2.05) is 0 Å². The smallest absolute Gasteiger partial charge is 0.261 e. The summed E-state index contributed by atoms with van der Waals surface area (Å²) in [7, 11) is 0. The topological polar surface area (TPSA) is 58.6 Å². The van der Waals surface area contributed by atoms with Crippen LogP contribution in [0.1, 0.15) is 6.92 Å². The quantitative estimate of drug-likeness (QED) is 0.888. The van der Waals surface area contributed by atoms with E-state index in [0.717, 1.165) is 12.1 Å². The number of carbonyl (C=O) groups excluding carboxylic acids is 2. The maximum Gasteiger partial charge on any atom is 0.261 e. The maximum atomic E-state index is 13.3. The number of benzene rings is 1. The molecule has 1 aromatic carbocycles. The minimum atomic E-state index is -0.873. The van der Waals surface area contributed by atoms with Crippen molar-refractivity contribution in [2.24, 2.45) is 0 Å². The standard InChI is InChI=1S/C13H14F2N2O3/c1-8-13(19)16-4-5-17(8)12(18)7-20-11-3-2-9(14)6-10(11)15/h2-3,6,8H,4-5,7H2,1H3,(H,16,19). The lowest BCUT2D eigenvalue weighted by molar-refractivity contribution is -0.143. The zero-order valence-corrected chi connectivity index (χ0v) is 10.9. The first kappa shape index (κ1) is 14.2. The van der Waals surface area contributed by atoms with Crippen molar-refractivity contribution >= 4 is 11.8 Å². The fraction of sp³-hybridized carbons (Fsp3) is 0.385. The van der Waals surface area contributed by atoms with Crippen molar-refractivity contribution in [2.45, 2.75) is 13.0 Å². The molecule has 1 aromatic rings. The average molecular weight is 284 g/mol. The molecular formula is C13H14F2N2O3. The first-order chi connectivity index (χ1) is 9.49. The first-order valence-electron chi connectivity index (χ1n) is 6.14. The average Bonchev–Trinajstić information content (AvgIpc) is 2.40. The van der Waals surface area contributed by atoms with Crippen molar-refractivity contribution in [1.29, 1.82) is 0 Å². The molecule has 1 unspecified atom stereocenters. The lowest BCUT2D eigenvalue weighted by Gasteiger charge is -2.32.